The Bertz CT molecular complexity index is 515. The number of carbonyl (C=O) groups is 1. The highest BCUT2D eigenvalue weighted by atomic mass is 16.5. The van der Waals surface area contributed by atoms with Crippen molar-refractivity contribution in [3.8, 4) is 5.75 Å². The molecule has 0 spiro atoms. The molecule has 1 N–H and O–H groups in total. The second kappa shape index (κ2) is 9.61. The van der Waals surface area contributed by atoms with Crippen molar-refractivity contribution in [2.75, 3.05) is 53.0 Å². The van der Waals surface area contributed by atoms with Gasteiger partial charge in [0, 0.05) is 39.1 Å². The van der Waals surface area contributed by atoms with Gasteiger partial charge in [-0.2, -0.15) is 0 Å². The Balaban J connectivity index is 1.83. The first kappa shape index (κ1) is 18.7. The van der Waals surface area contributed by atoms with Gasteiger partial charge in [-0.05, 0) is 25.6 Å². The molecule has 0 aliphatic carbocycles. The second-order valence-electron chi connectivity index (χ2n) is 6.07. The van der Waals surface area contributed by atoms with Gasteiger partial charge in [-0.1, -0.05) is 18.2 Å². The van der Waals surface area contributed by atoms with E-state index < -0.39 is 12.1 Å². The summed E-state index contributed by atoms with van der Waals surface area (Å²) in [5.41, 5.74) is 0.816. The SMILES string of the molecule is CCOC(=O)[C@H](O)Cc1ccccc1OCCN1CCN(C)CC1. The van der Waals surface area contributed by atoms with Gasteiger partial charge >= 0.3 is 5.97 Å². The van der Waals surface area contributed by atoms with Gasteiger partial charge in [0.25, 0.3) is 0 Å². The van der Waals surface area contributed by atoms with E-state index in [1.165, 1.54) is 0 Å². The summed E-state index contributed by atoms with van der Waals surface area (Å²) in [7, 11) is 2.14. The number of likely N-dealkylation sites (N-methyl/N-ethyl adjacent to an activating group) is 1. The molecule has 24 heavy (non-hydrogen) atoms. The molecule has 0 saturated carbocycles. The van der Waals surface area contributed by atoms with Crippen molar-refractivity contribution in [2.24, 2.45) is 0 Å². The molecule has 1 heterocycles. The normalized spacial score (nSPS) is 17.5. The van der Waals surface area contributed by atoms with Crippen molar-refractivity contribution < 1.29 is 19.4 Å². The largest absolute Gasteiger partial charge is 0.492 e. The fourth-order valence-corrected chi connectivity index (χ4v) is 2.70. The van der Waals surface area contributed by atoms with Gasteiger partial charge in [0.2, 0.25) is 0 Å². The van der Waals surface area contributed by atoms with Crippen LogP contribution in [0.1, 0.15) is 12.5 Å². The summed E-state index contributed by atoms with van der Waals surface area (Å²) in [6, 6.07) is 7.51. The fourth-order valence-electron chi connectivity index (χ4n) is 2.70. The predicted molar refractivity (Wildman–Crippen MR) is 92.2 cm³/mol. The number of benzene rings is 1. The van der Waals surface area contributed by atoms with Gasteiger partial charge in [-0.3, -0.25) is 4.90 Å². The molecule has 0 aromatic heterocycles. The molecule has 2 rings (SSSR count). The molecule has 0 bridgehead atoms. The summed E-state index contributed by atoms with van der Waals surface area (Å²) in [6.45, 7) is 7.74. The molecular weight excluding hydrogens is 308 g/mol. The number of piperazine rings is 1. The van der Waals surface area contributed by atoms with Crippen LogP contribution in [0.15, 0.2) is 24.3 Å². The summed E-state index contributed by atoms with van der Waals surface area (Å²) >= 11 is 0. The molecule has 134 valence electrons. The van der Waals surface area contributed by atoms with Gasteiger partial charge in [0.1, 0.15) is 12.4 Å². The minimum atomic E-state index is -1.16. The molecule has 0 radical (unpaired) electrons. The summed E-state index contributed by atoms with van der Waals surface area (Å²) < 4.78 is 10.7. The van der Waals surface area contributed by atoms with Gasteiger partial charge in [-0.15, -0.1) is 0 Å². The lowest BCUT2D eigenvalue weighted by atomic mass is 10.1. The zero-order valence-corrected chi connectivity index (χ0v) is 14.6. The monoisotopic (exact) mass is 336 g/mol. The lowest BCUT2D eigenvalue weighted by Gasteiger charge is -2.32. The number of para-hydroxylation sites is 1. The van der Waals surface area contributed by atoms with Crippen LogP contribution in [-0.4, -0.2) is 80.0 Å². The smallest absolute Gasteiger partial charge is 0.335 e. The lowest BCUT2D eigenvalue weighted by Crippen LogP contribution is -2.45. The number of aliphatic hydroxyl groups excluding tert-OH is 1. The Labute approximate surface area is 144 Å². The molecule has 1 aliphatic rings. The first-order chi connectivity index (χ1) is 11.6. The summed E-state index contributed by atoms with van der Waals surface area (Å²) in [6.07, 6.45) is -0.962. The lowest BCUT2D eigenvalue weighted by molar-refractivity contribution is -0.152. The number of aliphatic hydroxyl groups is 1. The topological polar surface area (TPSA) is 62.2 Å². The third-order valence-electron chi connectivity index (χ3n) is 4.21. The van der Waals surface area contributed by atoms with Crippen LogP contribution in [0.4, 0.5) is 0 Å². The molecule has 0 unspecified atom stereocenters. The second-order valence-corrected chi connectivity index (χ2v) is 6.07. The first-order valence-corrected chi connectivity index (χ1v) is 8.56. The van der Waals surface area contributed by atoms with Crippen LogP contribution in [0.5, 0.6) is 5.75 Å². The maximum atomic E-state index is 11.6. The van der Waals surface area contributed by atoms with E-state index >= 15 is 0 Å². The number of carbonyl (C=O) groups excluding carboxylic acids is 1. The van der Waals surface area contributed by atoms with Gasteiger partial charge < -0.3 is 19.5 Å². The van der Waals surface area contributed by atoms with E-state index in [2.05, 4.69) is 16.8 Å². The highest BCUT2D eigenvalue weighted by Crippen LogP contribution is 2.20. The van der Waals surface area contributed by atoms with Crippen LogP contribution in [0.25, 0.3) is 0 Å². The molecule has 1 aromatic rings. The molecule has 0 amide bonds. The minimum absolute atomic E-state index is 0.198. The molecular formula is C18H28N2O4. The number of ether oxygens (including phenoxy) is 2. The molecule has 1 saturated heterocycles. The predicted octanol–water partition coefficient (Wildman–Crippen LogP) is 0.779. The Morgan fingerprint density at radius 3 is 2.67 bits per heavy atom. The summed E-state index contributed by atoms with van der Waals surface area (Å²) in [4.78, 5) is 16.3. The van der Waals surface area contributed by atoms with Crippen molar-refractivity contribution in [1.29, 1.82) is 0 Å². The minimum Gasteiger partial charge on any atom is -0.492 e. The summed E-state index contributed by atoms with van der Waals surface area (Å²) in [5.74, 6) is 0.125. The standard InChI is InChI=1S/C18H28N2O4/c1-3-23-18(22)16(21)14-15-6-4-5-7-17(15)24-13-12-20-10-8-19(2)9-11-20/h4-7,16,21H,3,8-14H2,1-2H3/t16-/m1/s1. The van der Waals surface area contributed by atoms with Crippen molar-refractivity contribution in [3.63, 3.8) is 0 Å². The summed E-state index contributed by atoms with van der Waals surface area (Å²) in [5, 5.41) is 9.94. The Hall–Kier alpha value is -1.63. The first-order valence-electron chi connectivity index (χ1n) is 8.56. The molecule has 1 fully saturated rings. The van der Waals surface area contributed by atoms with Crippen molar-refractivity contribution in [1.82, 2.24) is 9.80 Å². The molecule has 6 nitrogen and oxygen atoms in total. The van der Waals surface area contributed by atoms with Gasteiger partial charge in [0.15, 0.2) is 6.10 Å². The molecule has 1 aromatic carbocycles. The van der Waals surface area contributed by atoms with Crippen molar-refractivity contribution in [2.45, 2.75) is 19.4 Å². The van der Waals surface area contributed by atoms with Crippen LogP contribution in [0.3, 0.4) is 0 Å². The van der Waals surface area contributed by atoms with Crippen LogP contribution < -0.4 is 4.74 Å². The number of hydrogen-bond donors (Lipinski definition) is 1. The third kappa shape index (κ3) is 5.78. The van der Waals surface area contributed by atoms with E-state index in [9.17, 15) is 9.90 Å². The van der Waals surface area contributed by atoms with Gasteiger partial charge in [-0.25, -0.2) is 4.79 Å². The fraction of sp³-hybridized carbons (Fsp3) is 0.611. The number of rotatable bonds is 8. The van der Waals surface area contributed by atoms with Crippen molar-refractivity contribution >= 4 is 5.97 Å². The molecule has 1 atom stereocenters. The molecule has 6 heteroatoms. The van der Waals surface area contributed by atoms with Crippen LogP contribution >= 0.6 is 0 Å². The Kier molecular flexibility index (Phi) is 7.49. The van der Waals surface area contributed by atoms with Crippen LogP contribution in [0, 0.1) is 0 Å². The Morgan fingerprint density at radius 2 is 1.96 bits per heavy atom. The van der Waals surface area contributed by atoms with E-state index in [1.54, 1.807) is 6.92 Å². The van der Waals surface area contributed by atoms with Crippen molar-refractivity contribution in [3.05, 3.63) is 29.8 Å². The number of esters is 1. The maximum absolute atomic E-state index is 11.6. The maximum Gasteiger partial charge on any atom is 0.335 e. The third-order valence-corrected chi connectivity index (χ3v) is 4.21. The quantitative estimate of drug-likeness (QED) is 0.708. The van der Waals surface area contributed by atoms with E-state index in [0.717, 1.165) is 44.0 Å². The zero-order valence-electron chi connectivity index (χ0n) is 14.6. The average Bonchev–Trinajstić information content (AvgIpc) is 2.58. The van der Waals surface area contributed by atoms with E-state index in [0.29, 0.717) is 6.61 Å². The van der Waals surface area contributed by atoms with Gasteiger partial charge in [0.05, 0.1) is 6.61 Å². The average molecular weight is 336 g/mol. The van der Waals surface area contributed by atoms with Crippen LogP contribution in [0.2, 0.25) is 0 Å². The zero-order chi connectivity index (χ0) is 17.4. The van der Waals surface area contributed by atoms with E-state index in [1.807, 2.05) is 24.3 Å². The Morgan fingerprint density at radius 1 is 1.25 bits per heavy atom. The highest BCUT2D eigenvalue weighted by Gasteiger charge is 2.19. The van der Waals surface area contributed by atoms with E-state index in [4.69, 9.17) is 9.47 Å². The number of nitrogens with zero attached hydrogens (tertiary/aromatic N) is 2. The molecule has 1 aliphatic heterocycles. The highest BCUT2D eigenvalue weighted by molar-refractivity contribution is 5.74. The van der Waals surface area contributed by atoms with E-state index in [-0.39, 0.29) is 13.0 Å². The number of hydrogen-bond acceptors (Lipinski definition) is 6. The van der Waals surface area contributed by atoms with Crippen LogP contribution in [-0.2, 0) is 16.0 Å².